The maximum Gasteiger partial charge on any atom is 0.336 e. The maximum atomic E-state index is 11.7. The zero-order chi connectivity index (χ0) is 14.5. The Kier molecular flexibility index (Phi) is 4.37. The van der Waals surface area contributed by atoms with Crippen LogP contribution in [0, 0.1) is 0 Å². The van der Waals surface area contributed by atoms with Gasteiger partial charge in [-0.05, 0) is 31.2 Å². The minimum absolute atomic E-state index is 0.0847. The molecule has 1 atom stereocenters. The summed E-state index contributed by atoms with van der Waals surface area (Å²) in [7, 11) is 1.58. The normalized spacial score (nSPS) is 12.1. The van der Waals surface area contributed by atoms with Crippen LogP contribution in [0.4, 0.5) is 10.5 Å². The fourth-order valence-corrected chi connectivity index (χ4v) is 1.83. The van der Waals surface area contributed by atoms with Gasteiger partial charge in [0.2, 0.25) is 0 Å². The van der Waals surface area contributed by atoms with Crippen LogP contribution in [0.25, 0.3) is 11.0 Å². The summed E-state index contributed by atoms with van der Waals surface area (Å²) in [5.74, 6) is 0. The van der Waals surface area contributed by atoms with E-state index >= 15 is 0 Å². The molecule has 0 spiro atoms. The Labute approximate surface area is 115 Å². The third-order valence-electron chi connectivity index (χ3n) is 2.67. The zero-order valence-electron chi connectivity index (χ0n) is 11.3. The summed E-state index contributed by atoms with van der Waals surface area (Å²) in [5.41, 5.74) is 0.703. The molecule has 0 fully saturated rings. The van der Waals surface area contributed by atoms with Crippen LogP contribution in [-0.4, -0.2) is 25.8 Å². The first-order chi connectivity index (χ1) is 9.58. The number of carbonyl (C=O) groups is 1. The lowest BCUT2D eigenvalue weighted by atomic mass is 10.2. The van der Waals surface area contributed by atoms with E-state index in [1.165, 1.54) is 6.07 Å². The summed E-state index contributed by atoms with van der Waals surface area (Å²) in [6, 6.07) is 7.64. The predicted octanol–water partition coefficient (Wildman–Crippen LogP) is 1.95. The first-order valence-corrected chi connectivity index (χ1v) is 6.19. The monoisotopic (exact) mass is 276 g/mol. The van der Waals surface area contributed by atoms with Crippen molar-refractivity contribution >= 4 is 22.7 Å². The van der Waals surface area contributed by atoms with Gasteiger partial charge in [0, 0.05) is 24.2 Å². The van der Waals surface area contributed by atoms with Crippen molar-refractivity contribution in [2.24, 2.45) is 0 Å². The molecule has 0 aliphatic heterocycles. The van der Waals surface area contributed by atoms with Crippen molar-refractivity contribution in [1.29, 1.82) is 0 Å². The second-order valence-corrected chi connectivity index (χ2v) is 4.46. The fraction of sp³-hybridized carbons (Fsp3) is 0.286. The molecule has 20 heavy (non-hydrogen) atoms. The SMILES string of the molecule is COC[C@H](C)NC(=O)Nc1ccc2oc(=O)ccc2c1. The molecule has 2 aromatic rings. The molecule has 2 rings (SSSR count). The van der Waals surface area contributed by atoms with E-state index in [-0.39, 0.29) is 12.1 Å². The number of hydrogen-bond acceptors (Lipinski definition) is 4. The summed E-state index contributed by atoms with van der Waals surface area (Å²) >= 11 is 0. The fourth-order valence-electron chi connectivity index (χ4n) is 1.83. The van der Waals surface area contributed by atoms with Crippen molar-refractivity contribution in [3.63, 3.8) is 0 Å². The van der Waals surface area contributed by atoms with E-state index in [1.54, 1.807) is 31.4 Å². The summed E-state index contributed by atoms with van der Waals surface area (Å²) < 4.78 is 9.96. The number of amides is 2. The highest BCUT2D eigenvalue weighted by Crippen LogP contribution is 2.17. The van der Waals surface area contributed by atoms with E-state index in [0.717, 1.165) is 5.39 Å². The topological polar surface area (TPSA) is 80.6 Å². The molecule has 2 amide bonds. The second kappa shape index (κ2) is 6.21. The lowest BCUT2D eigenvalue weighted by Crippen LogP contribution is -2.38. The van der Waals surface area contributed by atoms with Crippen LogP contribution in [0.3, 0.4) is 0 Å². The Balaban J connectivity index is 2.08. The first-order valence-electron chi connectivity index (χ1n) is 6.19. The third-order valence-corrected chi connectivity index (χ3v) is 2.67. The van der Waals surface area contributed by atoms with E-state index in [9.17, 15) is 9.59 Å². The average Bonchev–Trinajstić information content (AvgIpc) is 2.39. The molecule has 106 valence electrons. The molecule has 2 N–H and O–H groups in total. The number of hydrogen-bond donors (Lipinski definition) is 2. The predicted molar refractivity (Wildman–Crippen MR) is 76.0 cm³/mol. The minimum Gasteiger partial charge on any atom is -0.423 e. The van der Waals surface area contributed by atoms with Crippen molar-refractivity contribution in [3.05, 3.63) is 40.8 Å². The molecule has 0 bridgehead atoms. The highest BCUT2D eigenvalue weighted by molar-refractivity contribution is 5.92. The van der Waals surface area contributed by atoms with Gasteiger partial charge in [-0.3, -0.25) is 0 Å². The Morgan fingerprint density at radius 1 is 1.35 bits per heavy atom. The zero-order valence-corrected chi connectivity index (χ0v) is 11.3. The highest BCUT2D eigenvalue weighted by atomic mass is 16.5. The number of benzene rings is 1. The highest BCUT2D eigenvalue weighted by Gasteiger charge is 2.07. The van der Waals surface area contributed by atoms with Gasteiger partial charge in [-0.15, -0.1) is 0 Å². The number of nitrogens with one attached hydrogen (secondary N) is 2. The Hall–Kier alpha value is -2.34. The van der Waals surface area contributed by atoms with Gasteiger partial charge < -0.3 is 19.8 Å². The molecule has 0 aliphatic rings. The number of ether oxygens (including phenoxy) is 1. The molecule has 1 heterocycles. The maximum absolute atomic E-state index is 11.7. The number of anilines is 1. The lowest BCUT2D eigenvalue weighted by Gasteiger charge is -2.13. The summed E-state index contributed by atoms with van der Waals surface area (Å²) in [5, 5.41) is 6.19. The average molecular weight is 276 g/mol. The van der Waals surface area contributed by atoms with Crippen LogP contribution in [0.5, 0.6) is 0 Å². The number of urea groups is 1. The third kappa shape index (κ3) is 3.58. The molecular formula is C14H16N2O4. The molecule has 0 saturated carbocycles. The lowest BCUT2D eigenvalue weighted by molar-refractivity contribution is 0.173. The minimum atomic E-state index is -0.399. The molecule has 0 unspecified atom stereocenters. The molecule has 0 aliphatic carbocycles. The van der Waals surface area contributed by atoms with Gasteiger partial charge >= 0.3 is 11.7 Å². The van der Waals surface area contributed by atoms with Crippen molar-refractivity contribution in [2.75, 3.05) is 19.0 Å². The van der Waals surface area contributed by atoms with E-state index in [4.69, 9.17) is 9.15 Å². The molecule has 1 aromatic carbocycles. The second-order valence-electron chi connectivity index (χ2n) is 4.46. The molecule has 0 radical (unpaired) electrons. The van der Waals surface area contributed by atoms with E-state index in [0.29, 0.717) is 17.9 Å². The van der Waals surface area contributed by atoms with E-state index in [2.05, 4.69) is 10.6 Å². The van der Waals surface area contributed by atoms with Crippen LogP contribution in [0.15, 0.2) is 39.5 Å². The smallest absolute Gasteiger partial charge is 0.336 e. The van der Waals surface area contributed by atoms with Gasteiger partial charge in [0.25, 0.3) is 0 Å². The number of methoxy groups -OCH3 is 1. The molecular weight excluding hydrogens is 260 g/mol. The summed E-state index contributed by atoms with van der Waals surface area (Å²) in [6.07, 6.45) is 0. The Morgan fingerprint density at radius 3 is 2.90 bits per heavy atom. The van der Waals surface area contributed by atoms with Gasteiger partial charge in [0.1, 0.15) is 5.58 Å². The number of fused-ring (bicyclic) bond motifs is 1. The Morgan fingerprint density at radius 2 is 2.15 bits per heavy atom. The van der Waals surface area contributed by atoms with E-state index < -0.39 is 5.63 Å². The van der Waals surface area contributed by atoms with Crippen LogP contribution in [0.1, 0.15) is 6.92 Å². The standard InChI is InChI=1S/C14H16N2O4/c1-9(8-19-2)15-14(18)16-11-4-5-12-10(7-11)3-6-13(17)20-12/h3-7,9H,8H2,1-2H3,(H2,15,16,18)/t9-/m0/s1. The van der Waals surface area contributed by atoms with Crippen molar-refractivity contribution in [2.45, 2.75) is 13.0 Å². The quantitative estimate of drug-likeness (QED) is 0.836. The van der Waals surface area contributed by atoms with Crippen LogP contribution in [-0.2, 0) is 4.74 Å². The Bertz CT molecular complexity index is 666. The molecule has 1 aromatic heterocycles. The summed E-state index contributed by atoms with van der Waals surface area (Å²) in [6.45, 7) is 2.29. The van der Waals surface area contributed by atoms with Gasteiger partial charge in [-0.1, -0.05) is 0 Å². The van der Waals surface area contributed by atoms with Crippen LogP contribution < -0.4 is 16.3 Å². The van der Waals surface area contributed by atoms with Crippen molar-refractivity contribution in [1.82, 2.24) is 5.32 Å². The van der Waals surface area contributed by atoms with Crippen LogP contribution >= 0.6 is 0 Å². The molecule has 6 heteroatoms. The van der Waals surface area contributed by atoms with Gasteiger partial charge in [0.05, 0.1) is 12.6 Å². The van der Waals surface area contributed by atoms with E-state index in [1.807, 2.05) is 6.92 Å². The van der Waals surface area contributed by atoms with Crippen LogP contribution in [0.2, 0.25) is 0 Å². The molecule has 6 nitrogen and oxygen atoms in total. The van der Waals surface area contributed by atoms with Gasteiger partial charge in [0.15, 0.2) is 0 Å². The first kappa shape index (κ1) is 14.1. The number of carbonyl (C=O) groups excluding carboxylic acids is 1. The number of rotatable bonds is 4. The van der Waals surface area contributed by atoms with Crippen molar-refractivity contribution in [3.8, 4) is 0 Å². The van der Waals surface area contributed by atoms with Crippen molar-refractivity contribution < 1.29 is 13.9 Å². The molecule has 0 saturated heterocycles. The largest absolute Gasteiger partial charge is 0.423 e. The van der Waals surface area contributed by atoms with Gasteiger partial charge in [-0.25, -0.2) is 9.59 Å². The van der Waals surface area contributed by atoms with Gasteiger partial charge in [-0.2, -0.15) is 0 Å². The summed E-state index contributed by atoms with van der Waals surface area (Å²) in [4.78, 5) is 22.8.